The molecule has 146 valence electrons. The third kappa shape index (κ3) is 3.73. The maximum Gasteiger partial charge on any atom is 0.313 e. The lowest BCUT2D eigenvalue weighted by Gasteiger charge is -2.16. The van der Waals surface area contributed by atoms with Crippen LogP contribution in [0.2, 0.25) is 0 Å². The number of aromatic nitrogens is 3. The van der Waals surface area contributed by atoms with Crippen LogP contribution in [0.1, 0.15) is 17.5 Å². The van der Waals surface area contributed by atoms with Crippen molar-refractivity contribution in [1.29, 1.82) is 0 Å². The minimum atomic E-state index is -3.21. The van der Waals surface area contributed by atoms with Gasteiger partial charge in [0.1, 0.15) is 5.71 Å². The summed E-state index contributed by atoms with van der Waals surface area (Å²) in [5.41, 5.74) is 2.23. The standard InChI is InChI=1S/C21H18F2N6/c1-24-18(15-12-26-29(2)13-15)8-6-17-11-20(28-27-17)21(22,23)16-5-7-19-14(10-16)4-3-9-25-19/h3-10,12-13H,11H2,1-2H3/b8-6-,24-18?. The molecule has 29 heavy (non-hydrogen) atoms. The van der Waals surface area contributed by atoms with Gasteiger partial charge in [-0.1, -0.05) is 12.1 Å². The molecule has 3 aromatic rings. The van der Waals surface area contributed by atoms with Crippen molar-refractivity contribution in [2.75, 3.05) is 7.05 Å². The summed E-state index contributed by atoms with van der Waals surface area (Å²) in [4.78, 5) is 8.37. The molecule has 1 aromatic carbocycles. The van der Waals surface area contributed by atoms with Crippen molar-refractivity contribution in [1.82, 2.24) is 14.8 Å². The monoisotopic (exact) mass is 392 g/mol. The zero-order valence-corrected chi connectivity index (χ0v) is 15.9. The van der Waals surface area contributed by atoms with Gasteiger partial charge in [-0.25, -0.2) is 0 Å². The number of aliphatic imine (C=N–C) groups is 1. The number of alkyl halides is 2. The Morgan fingerprint density at radius 3 is 2.86 bits per heavy atom. The molecule has 1 aliphatic rings. The molecule has 0 bridgehead atoms. The van der Waals surface area contributed by atoms with Crippen molar-refractivity contribution in [2.45, 2.75) is 12.3 Å². The molecule has 0 aliphatic carbocycles. The van der Waals surface area contributed by atoms with Crippen molar-refractivity contribution in [3.8, 4) is 0 Å². The van der Waals surface area contributed by atoms with E-state index in [4.69, 9.17) is 0 Å². The van der Waals surface area contributed by atoms with E-state index in [0.29, 0.717) is 22.3 Å². The summed E-state index contributed by atoms with van der Waals surface area (Å²) in [6, 6.07) is 7.90. The van der Waals surface area contributed by atoms with E-state index in [1.165, 1.54) is 12.1 Å². The molecule has 0 radical (unpaired) electrons. The molecule has 0 N–H and O–H groups in total. The Kier molecular flexibility index (Phi) is 4.84. The van der Waals surface area contributed by atoms with Crippen molar-refractivity contribution in [2.24, 2.45) is 22.2 Å². The van der Waals surface area contributed by atoms with Gasteiger partial charge in [-0.2, -0.15) is 24.1 Å². The van der Waals surface area contributed by atoms with Gasteiger partial charge in [0, 0.05) is 49.4 Å². The van der Waals surface area contributed by atoms with Crippen LogP contribution in [0.25, 0.3) is 10.9 Å². The third-order valence-corrected chi connectivity index (χ3v) is 4.65. The number of hydrogen-bond donors (Lipinski definition) is 0. The Labute approximate surface area is 166 Å². The van der Waals surface area contributed by atoms with Gasteiger partial charge in [0.05, 0.1) is 23.1 Å². The first-order chi connectivity index (χ1) is 14.0. The summed E-state index contributed by atoms with van der Waals surface area (Å²) < 4.78 is 31.7. The highest BCUT2D eigenvalue weighted by molar-refractivity contribution is 6.18. The van der Waals surface area contributed by atoms with Crippen molar-refractivity contribution < 1.29 is 8.78 Å². The van der Waals surface area contributed by atoms with E-state index in [0.717, 1.165) is 5.56 Å². The van der Waals surface area contributed by atoms with Gasteiger partial charge in [0.25, 0.3) is 0 Å². The molecular weight excluding hydrogens is 374 g/mol. The molecule has 0 amide bonds. The number of pyridine rings is 1. The minimum absolute atomic E-state index is 0.0292. The van der Waals surface area contributed by atoms with E-state index in [-0.39, 0.29) is 17.7 Å². The molecule has 0 saturated carbocycles. The second-order valence-corrected chi connectivity index (χ2v) is 6.64. The Morgan fingerprint density at radius 1 is 1.24 bits per heavy atom. The van der Waals surface area contributed by atoms with Crippen LogP contribution in [0.5, 0.6) is 0 Å². The highest BCUT2D eigenvalue weighted by Crippen LogP contribution is 2.34. The number of nitrogens with zero attached hydrogens (tertiary/aromatic N) is 6. The topological polar surface area (TPSA) is 67.8 Å². The highest BCUT2D eigenvalue weighted by atomic mass is 19.3. The molecule has 6 nitrogen and oxygen atoms in total. The zero-order valence-electron chi connectivity index (χ0n) is 15.9. The van der Waals surface area contributed by atoms with Crippen LogP contribution >= 0.6 is 0 Å². The Morgan fingerprint density at radius 2 is 2.10 bits per heavy atom. The molecule has 0 saturated heterocycles. The fraction of sp³-hybridized carbons (Fsp3) is 0.190. The summed E-state index contributed by atoms with van der Waals surface area (Å²) in [6.45, 7) is 0. The van der Waals surface area contributed by atoms with Gasteiger partial charge in [-0.3, -0.25) is 14.7 Å². The Hall–Kier alpha value is -3.55. The predicted octanol–water partition coefficient (Wildman–Crippen LogP) is 3.94. The molecule has 0 spiro atoms. The maximum absolute atomic E-state index is 15.0. The number of aryl methyl sites for hydroxylation is 1. The first-order valence-electron chi connectivity index (χ1n) is 8.98. The van der Waals surface area contributed by atoms with Gasteiger partial charge in [-0.05, 0) is 30.4 Å². The molecule has 3 heterocycles. The second kappa shape index (κ2) is 7.46. The molecule has 0 fully saturated rings. The lowest BCUT2D eigenvalue weighted by atomic mass is 9.98. The molecular formula is C21H18F2N6. The van der Waals surface area contributed by atoms with E-state index in [1.807, 2.05) is 13.2 Å². The summed E-state index contributed by atoms with van der Waals surface area (Å²) >= 11 is 0. The zero-order chi connectivity index (χ0) is 20.4. The van der Waals surface area contributed by atoms with Crippen LogP contribution in [0.3, 0.4) is 0 Å². The molecule has 2 aromatic heterocycles. The number of allylic oxidation sites excluding steroid dienone is 2. The summed E-state index contributed by atoms with van der Waals surface area (Å²) in [6.07, 6.45) is 8.51. The normalized spacial score (nSPS) is 15.2. The van der Waals surface area contributed by atoms with Crippen molar-refractivity contribution in [3.63, 3.8) is 0 Å². The number of benzene rings is 1. The van der Waals surface area contributed by atoms with Gasteiger partial charge in [0.2, 0.25) is 0 Å². The highest BCUT2D eigenvalue weighted by Gasteiger charge is 2.40. The number of fused-ring (bicyclic) bond motifs is 1. The van der Waals surface area contributed by atoms with Gasteiger partial charge in [-0.15, -0.1) is 0 Å². The summed E-state index contributed by atoms with van der Waals surface area (Å²) in [5.74, 6) is -3.21. The number of rotatable bonds is 5. The van der Waals surface area contributed by atoms with Crippen molar-refractivity contribution >= 4 is 28.0 Å². The van der Waals surface area contributed by atoms with Crippen molar-refractivity contribution in [3.05, 3.63) is 72.2 Å². The average molecular weight is 392 g/mol. The first-order valence-corrected chi connectivity index (χ1v) is 8.98. The summed E-state index contributed by atoms with van der Waals surface area (Å²) in [5, 5.41) is 12.5. The fourth-order valence-electron chi connectivity index (χ4n) is 3.10. The smallest absolute Gasteiger partial charge is 0.288 e. The van der Waals surface area contributed by atoms with Crippen LogP contribution in [0, 0.1) is 0 Å². The van der Waals surface area contributed by atoms with E-state index in [1.54, 1.807) is 54.5 Å². The van der Waals surface area contributed by atoms with E-state index in [2.05, 4.69) is 25.3 Å². The average Bonchev–Trinajstić information content (AvgIpc) is 3.38. The van der Waals surface area contributed by atoms with Crippen LogP contribution in [0.4, 0.5) is 8.78 Å². The molecule has 8 heteroatoms. The van der Waals surface area contributed by atoms with E-state index >= 15 is 8.78 Å². The third-order valence-electron chi connectivity index (χ3n) is 4.65. The maximum atomic E-state index is 15.0. The SMILES string of the molecule is CN=C(/C=C\C1=NN=C(C(F)(F)c2ccc3ncccc3c2)C1)c1cnn(C)c1. The lowest BCUT2D eigenvalue weighted by molar-refractivity contribution is 0.0747. The van der Waals surface area contributed by atoms with Gasteiger partial charge < -0.3 is 0 Å². The van der Waals surface area contributed by atoms with E-state index in [9.17, 15) is 0 Å². The van der Waals surface area contributed by atoms with Crippen LogP contribution < -0.4 is 0 Å². The molecule has 1 aliphatic heterocycles. The minimum Gasteiger partial charge on any atom is -0.288 e. The second-order valence-electron chi connectivity index (χ2n) is 6.64. The first kappa shape index (κ1) is 18.8. The Bertz CT molecular complexity index is 1190. The van der Waals surface area contributed by atoms with Crippen LogP contribution in [0.15, 0.2) is 76.3 Å². The van der Waals surface area contributed by atoms with Crippen LogP contribution in [-0.2, 0) is 13.0 Å². The van der Waals surface area contributed by atoms with Gasteiger partial charge in [0.15, 0.2) is 0 Å². The summed E-state index contributed by atoms with van der Waals surface area (Å²) in [7, 11) is 3.47. The number of halogens is 2. The predicted molar refractivity (Wildman–Crippen MR) is 110 cm³/mol. The van der Waals surface area contributed by atoms with Crippen LogP contribution in [-0.4, -0.2) is 38.9 Å². The lowest BCUT2D eigenvalue weighted by Crippen LogP contribution is -2.26. The van der Waals surface area contributed by atoms with Gasteiger partial charge >= 0.3 is 5.92 Å². The van der Waals surface area contributed by atoms with E-state index < -0.39 is 5.92 Å². The fourth-order valence-corrected chi connectivity index (χ4v) is 3.10. The molecule has 0 atom stereocenters. The Balaban J connectivity index is 1.50. The number of hydrogen-bond acceptors (Lipinski definition) is 5. The molecule has 0 unspecified atom stereocenters. The quantitative estimate of drug-likeness (QED) is 0.618. The molecule has 4 rings (SSSR count). The largest absolute Gasteiger partial charge is 0.313 e.